The molecule has 0 atom stereocenters. The first-order chi connectivity index (χ1) is 21.0. The molecule has 1 amide bonds. The van der Waals surface area contributed by atoms with Crippen LogP contribution in [-0.2, 0) is 25.0 Å². The summed E-state index contributed by atoms with van der Waals surface area (Å²) in [6.07, 6.45) is 0. The highest BCUT2D eigenvalue weighted by molar-refractivity contribution is 7.86. The summed E-state index contributed by atoms with van der Waals surface area (Å²) < 4.78 is 78.2. The number of aromatic hydroxyl groups is 2. The number of phenols is 2. The Labute approximate surface area is 255 Å². The number of fused-ring (bicyclic) bond motifs is 1. The van der Waals surface area contributed by atoms with Gasteiger partial charge in [-0.3, -0.25) is 13.9 Å². The lowest BCUT2D eigenvalue weighted by Crippen LogP contribution is -2.07. The van der Waals surface area contributed by atoms with Crippen LogP contribution in [0.4, 0.5) is 34.1 Å². The maximum atomic E-state index is 12.2. The number of nitrogens with one attached hydrogen (secondary N) is 1. The second kappa shape index (κ2) is 12.3. The number of carbonyl (C=O) groups excluding carboxylic acids is 1. The Kier molecular flexibility index (Phi) is 8.91. The van der Waals surface area contributed by atoms with Crippen molar-refractivity contribution in [3.8, 4) is 23.0 Å². The molecule has 0 bridgehead atoms. The zero-order valence-corrected chi connectivity index (χ0v) is 25.1. The van der Waals surface area contributed by atoms with Crippen molar-refractivity contribution in [2.24, 2.45) is 20.5 Å². The Hall–Kier alpha value is -5.37. The number of benzene rings is 4. The minimum absolute atomic E-state index is 0.00438. The summed E-state index contributed by atoms with van der Waals surface area (Å²) >= 11 is 0. The minimum atomic E-state index is -5.01. The number of rotatable bonds is 9. The largest absolute Gasteiger partial charge is 0.505 e. The van der Waals surface area contributed by atoms with Crippen molar-refractivity contribution >= 4 is 71.0 Å². The van der Waals surface area contributed by atoms with Crippen LogP contribution in [0.25, 0.3) is 10.8 Å². The number of hydrogen-bond acceptors (Lipinski definition) is 14. The number of phenolic OH excluding ortho intramolecular Hbond substituents is 2. The lowest BCUT2D eigenvalue weighted by Gasteiger charge is -2.12. The quantitative estimate of drug-likeness (QED) is 0.0774. The number of nitrogens with zero attached hydrogens (tertiary/aromatic N) is 4. The number of nitrogen functional groups attached to an aromatic ring is 1. The molecule has 0 saturated heterocycles. The molecule has 0 unspecified atom stereocenters. The molecule has 7 N–H and O–H groups in total. The van der Waals surface area contributed by atoms with Crippen LogP contribution in [0.1, 0.15) is 6.92 Å². The van der Waals surface area contributed by atoms with Gasteiger partial charge >= 0.3 is 0 Å². The Bertz CT molecular complexity index is 2130. The second-order valence-corrected chi connectivity index (χ2v) is 11.9. The number of azo groups is 2. The Morgan fingerprint density at radius 1 is 0.756 bits per heavy atom. The van der Waals surface area contributed by atoms with E-state index < -0.39 is 53.1 Å². The van der Waals surface area contributed by atoms with Crippen molar-refractivity contribution in [1.29, 1.82) is 0 Å². The first-order valence-corrected chi connectivity index (χ1v) is 15.2. The molecule has 0 saturated carbocycles. The van der Waals surface area contributed by atoms with Crippen LogP contribution in [0.15, 0.2) is 78.8 Å². The summed E-state index contributed by atoms with van der Waals surface area (Å²) in [6, 6.07) is 9.33. The van der Waals surface area contributed by atoms with Gasteiger partial charge in [-0.2, -0.15) is 16.8 Å². The predicted molar refractivity (Wildman–Crippen MR) is 160 cm³/mol. The summed E-state index contributed by atoms with van der Waals surface area (Å²) in [6.45, 7) is 1.19. The molecule has 4 aromatic rings. The molecule has 0 aliphatic carbocycles. The molecule has 0 heterocycles. The summed E-state index contributed by atoms with van der Waals surface area (Å²) in [7, 11) is -7.21. The van der Waals surface area contributed by atoms with E-state index in [0.29, 0.717) is 0 Å². The molecule has 0 aromatic heterocycles. The Morgan fingerprint density at radius 2 is 1.36 bits per heavy atom. The van der Waals surface area contributed by atoms with Gasteiger partial charge in [0.15, 0.2) is 11.5 Å². The Morgan fingerprint density at radius 3 is 1.96 bits per heavy atom. The van der Waals surface area contributed by atoms with Crippen molar-refractivity contribution in [2.75, 3.05) is 25.3 Å². The van der Waals surface area contributed by atoms with Crippen LogP contribution in [0, 0.1) is 0 Å². The van der Waals surface area contributed by atoms with Crippen LogP contribution in [0.5, 0.6) is 23.0 Å². The molecule has 4 aromatic carbocycles. The molecule has 19 heteroatoms. The monoisotopic (exact) mass is 660 g/mol. The minimum Gasteiger partial charge on any atom is -0.505 e. The van der Waals surface area contributed by atoms with Gasteiger partial charge in [-0.15, -0.1) is 20.5 Å². The number of anilines is 2. The van der Waals surface area contributed by atoms with E-state index in [1.807, 2.05) is 0 Å². The van der Waals surface area contributed by atoms with Gasteiger partial charge in [-0.25, -0.2) is 0 Å². The van der Waals surface area contributed by atoms with Gasteiger partial charge in [0, 0.05) is 24.7 Å². The van der Waals surface area contributed by atoms with Gasteiger partial charge in [0.05, 0.1) is 25.3 Å². The van der Waals surface area contributed by atoms with E-state index in [4.69, 9.17) is 15.2 Å². The molecule has 4 rings (SSSR count). The number of ether oxygens (including phenoxy) is 2. The third-order valence-corrected chi connectivity index (χ3v) is 7.81. The molecule has 45 heavy (non-hydrogen) atoms. The van der Waals surface area contributed by atoms with Crippen molar-refractivity contribution in [1.82, 2.24) is 0 Å². The first kappa shape index (κ1) is 32.5. The van der Waals surface area contributed by atoms with Crippen molar-refractivity contribution in [3.05, 3.63) is 48.5 Å². The second-order valence-electron chi connectivity index (χ2n) is 9.08. The highest BCUT2D eigenvalue weighted by atomic mass is 32.2. The number of methoxy groups -OCH3 is 2. The molecule has 0 fully saturated rings. The van der Waals surface area contributed by atoms with E-state index in [1.54, 1.807) is 0 Å². The fourth-order valence-electron chi connectivity index (χ4n) is 4.06. The maximum absolute atomic E-state index is 12.2. The molecule has 0 aliphatic heterocycles. The van der Waals surface area contributed by atoms with Crippen LogP contribution in [0.3, 0.4) is 0 Å². The third-order valence-electron chi connectivity index (χ3n) is 6.06. The molecule has 0 aliphatic rings. The van der Waals surface area contributed by atoms with E-state index in [-0.39, 0.29) is 50.7 Å². The van der Waals surface area contributed by atoms with Crippen molar-refractivity contribution in [3.63, 3.8) is 0 Å². The average molecular weight is 661 g/mol. The van der Waals surface area contributed by atoms with Gasteiger partial charge in [-0.05, 0) is 35.7 Å². The van der Waals surface area contributed by atoms with E-state index >= 15 is 0 Å². The summed E-state index contributed by atoms with van der Waals surface area (Å²) in [5, 5.41) is 39.3. The molecule has 0 radical (unpaired) electrons. The number of nitrogens with two attached hydrogens (primary N) is 1. The van der Waals surface area contributed by atoms with Gasteiger partial charge in [0.1, 0.15) is 44.0 Å². The van der Waals surface area contributed by atoms with Gasteiger partial charge in [0.25, 0.3) is 20.2 Å². The van der Waals surface area contributed by atoms with E-state index in [0.717, 1.165) is 24.3 Å². The summed E-state index contributed by atoms with van der Waals surface area (Å²) in [5.74, 6) is -1.90. The summed E-state index contributed by atoms with van der Waals surface area (Å²) in [5.41, 5.74) is 4.62. The highest BCUT2D eigenvalue weighted by Gasteiger charge is 2.25. The fraction of sp³-hybridized carbons (Fsp3) is 0.115. The van der Waals surface area contributed by atoms with E-state index in [9.17, 15) is 40.9 Å². The highest BCUT2D eigenvalue weighted by Crippen LogP contribution is 2.48. The third kappa shape index (κ3) is 6.91. The topological polar surface area (TPSA) is 272 Å². The van der Waals surface area contributed by atoms with Gasteiger partial charge in [-0.1, -0.05) is 6.07 Å². The van der Waals surface area contributed by atoms with Gasteiger partial charge < -0.3 is 30.7 Å². The zero-order chi connectivity index (χ0) is 33.3. The molecular formula is C26H24N6O11S2. The maximum Gasteiger partial charge on any atom is 0.296 e. The fourth-order valence-corrected chi connectivity index (χ4v) is 5.37. The lowest BCUT2D eigenvalue weighted by molar-refractivity contribution is -0.114. The van der Waals surface area contributed by atoms with Crippen LogP contribution in [0.2, 0.25) is 0 Å². The smallest absolute Gasteiger partial charge is 0.296 e. The zero-order valence-electron chi connectivity index (χ0n) is 23.4. The van der Waals surface area contributed by atoms with Gasteiger partial charge in [0.2, 0.25) is 5.91 Å². The number of amides is 1. The van der Waals surface area contributed by atoms with Crippen LogP contribution < -0.4 is 20.5 Å². The van der Waals surface area contributed by atoms with Crippen molar-refractivity contribution < 1.29 is 50.4 Å². The van der Waals surface area contributed by atoms with Crippen LogP contribution >= 0.6 is 0 Å². The molecule has 17 nitrogen and oxygen atoms in total. The van der Waals surface area contributed by atoms with E-state index in [2.05, 4.69) is 25.8 Å². The molecular weight excluding hydrogens is 636 g/mol. The molecule has 236 valence electrons. The standard InChI is InChI=1S/C26H24N6O11S2/c1-12(33)28-14-5-7-16(21(9-14)44(36,37)38)29-30-17-6-4-13-8-22(45(39,40)41)24(26(35)23(13)25(17)34)32-31-18-11-19(42-2)15(27)10-20(18)43-3/h4-11,34-35H,27H2,1-3H3,(H,28,33)(H,36,37,38)(H,39,40,41)/b30-29+,32-31+. The SMILES string of the molecule is COc1cc(/N=N/c2c(S(=O)(=O)O)cc3ccc(/N=N/c4ccc(NC(C)=O)cc4S(=O)(=O)O)c(O)c3c2O)c(OC)cc1N. The molecule has 0 spiro atoms. The predicted octanol–water partition coefficient (Wildman–Crippen LogP) is 5.13. The first-order valence-electron chi connectivity index (χ1n) is 12.3. The normalized spacial score (nSPS) is 12.2. The average Bonchev–Trinajstić information content (AvgIpc) is 2.95. The number of hydrogen-bond donors (Lipinski definition) is 6. The lowest BCUT2D eigenvalue weighted by atomic mass is 10.1. The van der Waals surface area contributed by atoms with E-state index in [1.165, 1.54) is 45.4 Å². The van der Waals surface area contributed by atoms with Crippen molar-refractivity contribution in [2.45, 2.75) is 16.7 Å². The summed E-state index contributed by atoms with van der Waals surface area (Å²) in [4.78, 5) is 9.76. The Balaban J connectivity index is 1.88. The number of carbonyl (C=O) groups is 1. The van der Waals surface area contributed by atoms with Crippen LogP contribution in [-0.4, -0.2) is 56.3 Å².